The van der Waals surface area contributed by atoms with Crippen molar-refractivity contribution in [2.24, 2.45) is 0 Å². The van der Waals surface area contributed by atoms with Gasteiger partial charge in [-0.05, 0) is 24.1 Å². The lowest BCUT2D eigenvalue weighted by atomic mass is 9.95. The lowest BCUT2D eigenvalue weighted by Crippen LogP contribution is -2.11. The topological polar surface area (TPSA) is 65.0 Å². The van der Waals surface area contributed by atoms with Gasteiger partial charge in [0.2, 0.25) is 5.75 Å². The Morgan fingerprint density at radius 3 is 2.11 bits per heavy atom. The Labute approximate surface area is 112 Å². The van der Waals surface area contributed by atoms with E-state index in [4.69, 9.17) is 14.2 Å². The molecule has 0 bridgehead atoms. The van der Waals surface area contributed by atoms with Crippen LogP contribution in [0.4, 0.5) is 0 Å². The van der Waals surface area contributed by atoms with Gasteiger partial charge in [0.1, 0.15) is 0 Å². The molecule has 0 aliphatic rings. The fraction of sp³-hybridized carbons (Fsp3) is 0.357. The molecule has 5 heteroatoms. The van der Waals surface area contributed by atoms with Gasteiger partial charge in [-0.15, -0.1) is 6.58 Å². The molecule has 0 aliphatic heterocycles. The van der Waals surface area contributed by atoms with E-state index in [1.54, 1.807) is 18.2 Å². The Morgan fingerprint density at radius 2 is 1.79 bits per heavy atom. The Balaban J connectivity index is 3.35. The van der Waals surface area contributed by atoms with Crippen LogP contribution in [0.5, 0.6) is 17.2 Å². The highest BCUT2D eigenvalue weighted by Crippen LogP contribution is 2.40. The number of methoxy groups -OCH3 is 3. The maximum Gasteiger partial charge on any atom is 0.311 e. The molecule has 1 N–H and O–H groups in total. The third-order valence-corrected chi connectivity index (χ3v) is 2.79. The third-order valence-electron chi connectivity index (χ3n) is 2.79. The van der Waals surface area contributed by atoms with Gasteiger partial charge in [-0.25, -0.2) is 0 Å². The minimum Gasteiger partial charge on any atom is -0.493 e. The minimum absolute atomic E-state index is 0.327. The van der Waals surface area contributed by atoms with E-state index >= 15 is 0 Å². The van der Waals surface area contributed by atoms with Crippen molar-refractivity contribution >= 4 is 5.97 Å². The lowest BCUT2D eigenvalue weighted by Gasteiger charge is -2.17. The summed E-state index contributed by atoms with van der Waals surface area (Å²) in [4.78, 5) is 11.3. The highest BCUT2D eigenvalue weighted by molar-refractivity contribution is 5.77. The van der Waals surface area contributed by atoms with Crippen molar-refractivity contribution in [3.05, 3.63) is 30.4 Å². The van der Waals surface area contributed by atoms with Gasteiger partial charge in [0.25, 0.3) is 0 Å². The van der Waals surface area contributed by atoms with Gasteiger partial charge in [0, 0.05) is 0 Å². The first-order valence-corrected chi connectivity index (χ1v) is 5.72. The van der Waals surface area contributed by atoms with Crippen molar-refractivity contribution in [3.8, 4) is 17.2 Å². The highest BCUT2D eigenvalue weighted by atomic mass is 16.5. The van der Waals surface area contributed by atoms with Gasteiger partial charge in [0.15, 0.2) is 11.5 Å². The van der Waals surface area contributed by atoms with Crippen LogP contribution in [0, 0.1) is 0 Å². The van der Waals surface area contributed by atoms with Crippen LogP contribution in [-0.4, -0.2) is 32.4 Å². The van der Waals surface area contributed by atoms with Crippen LogP contribution in [0.1, 0.15) is 17.9 Å². The zero-order valence-electron chi connectivity index (χ0n) is 11.3. The number of rotatable bonds is 7. The Bertz CT molecular complexity index is 442. The summed E-state index contributed by atoms with van der Waals surface area (Å²) in [6.45, 7) is 3.58. The average Bonchev–Trinajstić information content (AvgIpc) is 2.42. The number of hydrogen-bond acceptors (Lipinski definition) is 4. The van der Waals surface area contributed by atoms with Crippen molar-refractivity contribution < 1.29 is 24.1 Å². The molecule has 104 valence electrons. The standard InChI is InChI=1S/C14H18O5/c1-5-6-10(14(15)16)9-7-11(17-2)13(19-4)12(8-9)18-3/h5,7-8,10H,1,6H2,2-4H3,(H,15,16)/t10-/m0/s1. The quantitative estimate of drug-likeness (QED) is 0.768. The van der Waals surface area contributed by atoms with E-state index < -0.39 is 11.9 Å². The maximum atomic E-state index is 11.3. The van der Waals surface area contributed by atoms with Crippen LogP contribution in [0.25, 0.3) is 0 Å². The van der Waals surface area contributed by atoms with Gasteiger partial charge in [-0.1, -0.05) is 6.08 Å². The van der Waals surface area contributed by atoms with Crippen LogP contribution in [0.15, 0.2) is 24.8 Å². The molecule has 0 aromatic heterocycles. The summed E-state index contributed by atoms with van der Waals surface area (Å²) in [5.74, 6) is -0.295. The molecule has 0 spiro atoms. The van der Waals surface area contributed by atoms with Crippen LogP contribution in [0.2, 0.25) is 0 Å². The molecule has 0 radical (unpaired) electrons. The highest BCUT2D eigenvalue weighted by Gasteiger charge is 2.22. The summed E-state index contributed by atoms with van der Waals surface area (Å²) in [6.07, 6.45) is 1.90. The number of ether oxygens (including phenoxy) is 3. The molecular weight excluding hydrogens is 248 g/mol. The molecule has 0 fully saturated rings. The molecule has 0 amide bonds. The van der Waals surface area contributed by atoms with Crippen LogP contribution < -0.4 is 14.2 Å². The monoisotopic (exact) mass is 266 g/mol. The number of allylic oxidation sites excluding steroid dienone is 1. The first-order valence-electron chi connectivity index (χ1n) is 5.72. The zero-order valence-corrected chi connectivity index (χ0v) is 11.3. The summed E-state index contributed by atoms with van der Waals surface area (Å²) in [6, 6.07) is 3.28. The molecule has 1 aromatic rings. The normalized spacial score (nSPS) is 11.5. The van der Waals surface area contributed by atoms with Crippen molar-refractivity contribution in [1.29, 1.82) is 0 Å². The smallest absolute Gasteiger partial charge is 0.311 e. The molecule has 1 rings (SSSR count). The summed E-state index contributed by atoms with van der Waals surface area (Å²) in [5.41, 5.74) is 0.585. The molecule has 0 unspecified atom stereocenters. The number of carboxylic acids is 1. The average molecular weight is 266 g/mol. The Morgan fingerprint density at radius 1 is 1.26 bits per heavy atom. The van der Waals surface area contributed by atoms with Crippen LogP contribution in [-0.2, 0) is 4.79 Å². The van der Waals surface area contributed by atoms with Crippen LogP contribution in [0.3, 0.4) is 0 Å². The molecule has 5 nitrogen and oxygen atoms in total. The largest absolute Gasteiger partial charge is 0.493 e. The van der Waals surface area contributed by atoms with Gasteiger partial charge >= 0.3 is 5.97 Å². The summed E-state index contributed by atoms with van der Waals surface area (Å²) < 4.78 is 15.6. The third kappa shape index (κ3) is 3.19. The summed E-state index contributed by atoms with van der Waals surface area (Å²) in [7, 11) is 4.48. The number of carbonyl (C=O) groups is 1. The zero-order chi connectivity index (χ0) is 14.4. The predicted octanol–water partition coefficient (Wildman–Crippen LogP) is 2.46. The van der Waals surface area contributed by atoms with Gasteiger partial charge < -0.3 is 19.3 Å². The fourth-order valence-corrected chi connectivity index (χ4v) is 1.85. The molecule has 0 saturated carbocycles. The summed E-state index contributed by atoms with van der Waals surface area (Å²) >= 11 is 0. The molecule has 0 aliphatic carbocycles. The van der Waals surface area contributed by atoms with E-state index in [1.165, 1.54) is 21.3 Å². The SMILES string of the molecule is C=CC[C@H](C(=O)O)c1cc(OC)c(OC)c(OC)c1. The fourth-order valence-electron chi connectivity index (χ4n) is 1.85. The number of hydrogen-bond donors (Lipinski definition) is 1. The molecule has 0 heterocycles. The predicted molar refractivity (Wildman–Crippen MR) is 71.3 cm³/mol. The van der Waals surface area contributed by atoms with Gasteiger partial charge in [-0.3, -0.25) is 4.79 Å². The Kier molecular flexibility index (Phi) is 5.23. The first-order chi connectivity index (χ1) is 9.08. The van der Waals surface area contributed by atoms with Gasteiger partial charge in [-0.2, -0.15) is 0 Å². The second-order valence-electron chi connectivity index (χ2n) is 3.87. The van der Waals surface area contributed by atoms with E-state index in [0.29, 0.717) is 29.2 Å². The summed E-state index contributed by atoms with van der Waals surface area (Å²) in [5, 5.41) is 9.25. The van der Waals surface area contributed by atoms with Crippen molar-refractivity contribution in [1.82, 2.24) is 0 Å². The van der Waals surface area contributed by atoms with Gasteiger partial charge in [0.05, 0.1) is 27.2 Å². The molecule has 0 saturated heterocycles. The first kappa shape index (κ1) is 14.9. The van der Waals surface area contributed by atoms with E-state index in [2.05, 4.69) is 6.58 Å². The number of carboxylic acid groups (broad SMARTS) is 1. The van der Waals surface area contributed by atoms with Crippen molar-refractivity contribution in [2.45, 2.75) is 12.3 Å². The van der Waals surface area contributed by atoms with E-state index in [-0.39, 0.29) is 0 Å². The second kappa shape index (κ2) is 6.68. The van der Waals surface area contributed by atoms with Crippen molar-refractivity contribution in [3.63, 3.8) is 0 Å². The van der Waals surface area contributed by atoms with Crippen LogP contribution >= 0.6 is 0 Å². The molecule has 1 aromatic carbocycles. The van der Waals surface area contributed by atoms with Crippen molar-refractivity contribution in [2.75, 3.05) is 21.3 Å². The number of aliphatic carboxylic acids is 1. The maximum absolute atomic E-state index is 11.3. The second-order valence-corrected chi connectivity index (χ2v) is 3.87. The lowest BCUT2D eigenvalue weighted by molar-refractivity contribution is -0.138. The molecular formula is C14H18O5. The van der Waals surface area contributed by atoms with E-state index in [1.807, 2.05) is 0 Å². The molecule has 1 atom stereocenters. The Hall–Kier alpha value is -2.17. The number of benzene rings is 1. The minimum atomic E-state index is -0.922. The van der Waals surface area contributed by atoms with E-state index in [9.17, 15) is 9.90 Å². The molecule has 19 heavy (non-hydrogen) atoms. The van der Waals surface area contributed by atoms with E-state index in [0.717, 1.165) is 0 Å².